The van der Waals surface area contributed by atoms with Crippen molar-refractivity contribution in [1.82, 2.24) is 0 Å². The highest BCUT2D eigenvalue weighted by atomic mass is 32.1. The Kier molecular flexibility index (Phi) is 4.79. The van der Waals surface area contributed by atoms with E-state index < -0.39 is 0 Å². The van der Waals surface area contributed by atoms with Crippen molar-refractivity contribution in [2.24, 2.45) is 5.92 Å². The number of hydrogen-bond acceptors (Lipinski definition) is 3. The number of thiophene rings is 1. The largest absolute Gasteiger partial charge is 0.378 e. The lowest BCUT2D eigenvalue weighted by molar-refractivity contribution is -0.118. The lowest BCUT2D eigenvalue weighted by Crippen LogP contribution is -2.17. The van der Waals surface area contributed by atoms with Crippen LogP contribution in [0.5, 0.6) is 0 Å². The van der Waals surface area contributed by atoms with Crippen molar-refractivity contribution in [1.29, 1.82) is 0 Å². The Labute approximate surface area is 124 Å². The van der Waals surface area contributed by atoms with Crippen molar-refractivity contribution in [3.63, 3.8) is 0 Å². The monoisotopic (exact) mass is 288 g/mol. The summed E-state index contributed by atoms with van der Waals surface area (Å²) in [5, 5.41) is 10.6. The molecule has 0 fully saturated rings. The average molecular weight is 288 g/mol. The smallest absolute Gasteiger partial charge is 0.226 e. The topological polar surface area (TPSA) is 41.1 Å². The summed E-state index contributed by atoms with van der Waals surface area (Å²) in [6.07, 6.45) is 0. The lowest BCUT2D eigenvalue weighted by atomic mass is 10.1. The Bertz CT molecular complexity index is 546. The molecule has 1 atom stereocenters. The second-order valence-corrected chi connectivity index (χ2v) is 5.92. The highest BCUT2D eigenvalue weighted by Crippen LogP contribution is 2.22. The molecule has 0 aliphatic rings. The van der Waals surface area contributed by atoms with Crippen LogP contribution in [0.25, 0.3) is 0 Å². The molecule has 0 bridgehead atoms. The van der Waals surface area contributed by atoms with Crippen molar-refractivity contribution in [2.75, 3.05) is 10.6 Å². The summed E-state index contributed by atoms with van der Waals surface area (Å²) in [4.78, 5) is 11.6. The number of hydrogen-bond donors (Lipinski definition) is 2. The molecule has 1 amide bonds. The van der Waals surface area contributed by atoms with Crippen LogP contribution >= 0.6 is 11.3 Å². The normalized spacial score (nSPS) is 12.2. The second kappa shape index (κ2) is 6.57. The van der Waals surface area contributed by atoms with E-state index in [1.807, 2.05) is 38.1 Å². The molecule has 0 saturated heterocycles. The predicted octanol–water partition coefficient (Wildman–Crippen LogP) is 4.52. The van der Waals surface area contributed by atoms with Gasteiger partial charge in [-0.2, -0.15) is 11.3 Å². The lowest BCUT2D eigenvalue weighted by Gasteiger charge is -2.15. The number of carbonyl (C=O) groups excluding carboxylic acids is 1. The molecule has 3 nitrogen and oxygen atoms in total. The first-order valence-electron chi connectivity index (χ1n) is 6.76. The molecule has 1 unspecified atom stereocenters. The second-order valence-electron chi connectivity index (χ2n) is 5.14. The molecule has 0 radical (unpaired) electrons. The van der Waals surface area contributed by atoms with Gasteiger partial charge in [0.1, 0.15) is 0 Å². The highest BCUT2D eigenvalue weighted by molar-refractivity contribution is 7.07. The summed E-state index contributed by atoms with van der Waals surface area (Å²) < 4.78 is 0. The van der Waals surface area contributed by atoms with Crippen molar-refractivity contribution in [3.8, 4) is 0 Å². The number of benzene rings is 1. The van der Waals surface area contributed by atoms with Crippen LogP contribution in [-0.2, 0) is 4.79 Å². The van der Waals surface area contributed by atoms with E-state index in [1.165, 1.54) is 5.56 Å². The van der Waals surface area contributed by atoms with Gasteiger partial charge >= 0.3 is 0 Å². The van der Waals surface area contributed by atoms with Crippen molar-refractivity contribution in [2.45, 2.75) is 26.8 Å². The third-order valence-corrected chi connectivity index (χ3v) is 3.80. The molecule has 1 heterocycles. The Hall–Kier alpha value is -1.81. The first kappa shape index (κ1) is 14.6. The third-order valence-electron chi connectivity index (χ3n) is 3.10. The Morgan fingerprint density at radius 1 is 1.05 bits per heavy atom. The van der Waals surface area contributed by atoms with Gasteiger partial charge < -0.3 is 10.6 Å². The predicted molar refractivity (Wildman–Crippen MR) is 86.3 cm³/mol. The van der Waals surface area contributed by atoms with Gasteiger partial charge in [0.2, 0.25) is 5.91 Å². The van der Waals surface area contributed by atoms with E-state index in [-0.39, 0.29) is 17.9 Å². The molecule has 0 saturated carbocycles. The highest BCUT2D eigenvalue weighted by Gasteiger charge is 2.08. The van der Waals surface area contributed by atoms with E-state index in [0.717, 1.165) is 11.4 Å². The molecule has 2 rings (SSSR count). The molecular weight excluding hydrogens is 268 g/mol. The van der Waals surface area contributed by atoms with Crippen molar-refractivity contribution >= 4 is 28.6 Å². The zero-order chi connectivity index (χ0) is 14.5. The van der Waals surface area contributed by atoms with Gasteiger partial charge in [0.15, 0.2) is 0 Å². The van der Waals surface area contributed by atoms with Crippen LogP contribution in [0.1, 0.15) is 32.4 Å². The minimum Gasteiger partial charge on any atom is -0.378 e. The summed E-state index contributed by atoms with van der Waals surface area (Å²) in [6.45, 7) is 5.90. The number of nitrogens with one attached hydrogen (secondary N) is 2. The fourth-order valence-corrected chi connectivity index (χ4v) is 2.55. The molecule has 4 heteroatoms. The van der Waals surface area contributed by atoms with Crippen LogP contribution in [0.3, 0.4) is 0 Å². The van der Waals surface area contributed by atoms with Crippen LogP contribution in [0.4, 0.5) is 11.4 Å². The van der Waals surface area contributed by atoms with E-state index in [4.69, 9.17) is 0 Å². The van der Waals surface area contributed by atoms with Gasteiger partial charge in [-0.05, 0) is 53.6 Å². The van der Waals surface area contributed by atoms with Crippen LogP contribution in [0, 0.1) is 5.92 Å². The van der Waals surface area contributed by atoms with Gasteiger partial charge in [0.25, 0.3) is 0 Å². The van der Waals surface area contributed by atoms with Crippen LogP contribution in [0.2, 0.25) is 0 Å². The van der Waals surface area contributed by atoms with Gasteiger partial charge in [0, 0.05) is 23.3 Å². The number of carbonyl (C=O) groups is 1. The molecule has 1 aromatic carbocycles. The molecule has 0 aliphatic carbocycles. The molecule has 2 aromatic rings. The Balaban J connectivity index is 1.96. The number of anilines is 2. The summed E-state index contributed by atoms with van der Waals surface area (Å²) in [5.41, 5.74) is 3.16. The maximum atomic E-state index is 11.6. The molecule has 0 aliphatic heterocycles. The average Bonchev–Trinajstić information content (AvgIpc) is 2.95. The molecule has 2 N–H and O–H groups in total. The number of rotatable bonds is 5. The molecule has 0 spiro atoms. The maximum absolute atomic E-state index is 11.6. The maximum Gasteiger partial charge on any atom is 0.226 e. The minimum absolute atomic E-state index is 0.00795. The fourth-order valence-electron chi connectivity index (χ4n) is 1.79. The summed E-state index contributed by atoms with van der Waals surface area (Å²) in [7, 11) is 0. The summed E-state index contributed by atoms with van der Waals surface area (Å²) in [6, 6.07) is 10.2. The zero-order valence-corrected chi connectivity index (χ0v) is 12.8. The van der Waals surface area contributed by atoms with E-state index in [0.29, 0.717) is 0 Å². The Morgan fingerprint density at radius 2 is 1.70 bits per heavy atom. The molecule has 1 aromatic heterocycles. The van der Waals surface area contributed by atoms with Crippen molar-refractivity contribution in [3.05, 3.63) is 46.7 Å². The minimum atomic E-state index is -0.00795. The van der Waals surface area contributed by atoms with Gasteiger partial charge in [-0.15, -0.1) is 0 Å². The SMILES string of the molecule is CC(C)C(=O)Nc1ccc(NC(C)c2ccsc2)cc1. The van der Waals surface area contributed by atoms with E-state index in [9.17, 15) is 4.79 Å². The number of amides is 1. The first-order chi connectivity index (χ1) is 9.56. The molecule has 20 heavy (non-hydrogen) atoms. The van der Waals surface area contributed by atoms with E-state index >= 15 is 0 Å². The molecular formula is C16H20N2OS. The van der Waals surface area contributed by atoms with Crippen molar-refractivity contribution < 1.29 is 4.79 Å². The van der Waals surface area contributed by atoms with E-state index in [1.54, 1.807) is 11.3 Å². The molecule has 106 valence electrons. The third kappa shape index (κ3) is 3.84. The van der Waals surface area contributed by atoms with Gasteiger partial charge in [0.05, 0.1) is 0 Å². The van der Waals surface area contributed by atoms with Gasteiger partial charge in [-0.1, -0.05) is 13.8 Å². The summed E-state index contributed by atoms with van der Waals surface area (Å²) >= 11 is 1.70. The van der Waals surface area contributed by atoms with Crippen LogP contribution < -0.4 is 10.6 Å². The standard InChI is InChI=1S/C16H20N2OS/c1-11(2)16(19)18-15-6-4-14(5-7-15)17-12(3)13-8-9-20-10-13/h4-12,17H,1-3H3,(H,18,19). The fraction of sp³-hybridized carbons (Fsp3) is 0.312. The summed E-state index contributed by atoms with van der Waals surface area (Å²) in [5.74, 6) is 0.0313. The first-order valence-corrected chi connectivity index (χ1v) is 7.70. The van der Waals surface area contributed by atoms with Gasteiger partial charge in [-0.3, -0.25) is 4.79 Å². The quantitative estimate of drug-likeness (QED) is 0.849. The van der Waals surface area contributed by atoms with Gasteiger partial charge in [-0.25, -0.2) is 0 Å². The van der Waals surface area contributed by atoms with E-state index in [2.05, 4.69) is 34.4 Å². The van der Waals surface area contributed by atoms with Crippen LogP contribution in [0.15, 0.2) is 41.1 Å². The Morgan fingerprint density at radius 3 is 2.25 bits per heavy atom. The zero-order valence-electron chi connectivity index (χ0n) is 12.0. The van der Waals surface area contributed by atoms with Crippen LogP contribution in [-0.4, -0.2) is 5.91 Å².